The third kappa shape index (κ3) is 2.36. The number of phenolic OH excluding ortho intramolecular Hbond substituents is 1. The number of rotatable bonds is 2. The Hall–Kier alpha value is -2.55. The number of aromatic hydroxyl groups is 1. The van der Waals surface area contributed by atoms with Crippen molar-refractivity contribution in [3.63, 3.8) is 0 Å². The molecule has 0 saturated heterocycles. The van der Waals surface area contributed by atoms with Gasteiger partial charge in [-0.2, -0.15) is 0 Å². The number of para-hydroxylation sites is 1. The highest BCUT2D eigenvalue weighted by molar-refractivity contribution is 5.85. The van der Waals surface area contributed by atoms with Crippen molar-refractivity contribution in [1.82, 2.24) is 4.98 Å². The highest BCUT2D eigenvalue weighted by atomic mass is 16.5. The number of hydrogen-bond donors (Lipinski definition) is 1. The molecule has 0 atom stereocenters. The summed E-state index contributed by atoms with van der Waals surface area (Å²) in [6, 6.07) is 16.5. The van der Waals surface area contributed by atoms with Gasteiger partial charge in [-0.25, -0.2) is 0 Å². The van der Waals surface area contributed by atoms with Crippen LogP contribution in [0.1, 0.15) is 5.69 Å². The van der Waals surface area contributed by atoms with Crippen LogP contribution in [0, 0.1) is 6.92 Å². The Kier molecular flexibility index (Phi) is 2.80. The van der Waals surface area contributed by atoms with E-state index < -0.39 is 0 Å². The van der Waals surface area contributed by atoms with Crippen LogP contribution >= 0.6 is 0 Å². The molecule has 0 bridgehead atoms. The van der Waals surface area contributed by atoms with Crippen LogP contribution < -0.4 is 4.74 Å². The molecular formula is C16H13NO2. The zero-order valence-corrected chi connectivity index (χ0v) is 10.5. The first-order chi connectivity index (χ1) is 9.22. The van der Waals surface area contributed by atoms with Gasteiger partial charge in [-0.1, -0.05) is 12.1 Å². The lowest BCUT2D eigenvalue weighted by Crippen LogP contribution is -1.90. The fourth-order valence-electron chi connectivity index (χ4n) is 1.99. The number of benzene rings is 2. The Morgan fingerprint density at radius 1 is 1.00 bits per heavy atom. The van der Waals surface area contributed by atoms with Gasteiger partial charge in [0.1, 0.15) is 17.2 Å². The van der Waals surface area contributed by atoms with Crippen molar-refractivity contribution < 1.29 is 9.84 Å². The molecule has 3 rings (SSSR count). The van der Waals surface area contributed by atoms with Gasteiger partial charge in [0.2, 0.25) is 0 Å². The maximum atomic E-state index is 9.27. The van der Waals surface area contributed by atoms with Gasteiger partial charge in [0, 0.05) is 17.1 Å². The van der Waals surface area contributed by atoms with Crippen LogP contribution in [-0.4, -0.2) is 10.1 Å². The number of ether oxygens (including phenoxy) is 1. The van der Waals surface area contributed by atoms with E-state index in [1.807, 2.05) is 37.3 Å². The number of aryl methyl sites for hydroxylation is 1. The first-order valence-corrected chi connectivity index (χ1v) is 6.06. The monoisotopic (exact) mass is 251 g/mol. The van der Waals surface area contributed by atoms with Crippen molar-refractivity contribution >= 4 is 10.9 Å². The Labute approximate surface area is 111 Å². The number of pyridine rings is 1. The third-order valence-corrected chi connectivity index (χ3v) is 2.87. The topological polar surface area (TPSA) is 42.4 Å². The van der Waals surface area contributed by atoms with Gasteiger partial charge in [-0.15, -0.1) is 0 Å². The molecule has 0 aliphatic carbocycles. The minimum atomic E-state index is 0.225. The van der Waals surface area contributed by atoms with Crippen LogP contribution in [0.15, 0.2) is 54.6 Å². The molecule has 3 heteroatoms. The van der Waals surface area contributed by atoms with Crippen molar-refractivity contribution in [2.45, 2.75) is 6.92 Å². The zero-order valence-electron chi connectivity index (χ0n) is 10.5. The molecule has 19 heavy (non-hydrogen) atoms. The van der Waals surface area contributed by atoms with Gasteiger partial charge in [0.25, 0.3) is 0 Å². The van der Waals surface area contributed by atoms with Crippen molar-refractivity contribution in [2.24, 2.45) is 0 Å². The molecule has 0 fully saturated rings. The highest BCUT2D eigenvalue weighted by Crippen LogP contribution is 2.30. The second-order valence-corrected chi connectivity index (χ2v) is 4.37. The molecule has 3 aromatic rings. The average molecular weight is 251 g/mol. The molecule has 1 N–H and O–H groups in total. The summed E-state index contributed by atoms with van der Waals surface area (Å²) in [7, 11) is 0. The molecular weight excluding hydrogens is 238 g/mol. The number of aromatic nitrogens is 1. The molecule has 0 spiro atoms. The molecule has 0 unspecified atom stereocenters. The third-order valence-electron chi connectivity index (χ3n) is 2.87. The van der Waals surface area contributed by atoms with Crippen molar-refractivity contribution in [3.05, 3.63) is 60.3 Å². The van der Waals surface area contributed by atoms with Gasteiger partial charge >= 0.3 is 0 Å². The van der Waals surface area contributed by atoms with Gasteiger partial charge < -0.3 is 9.84 Å². The second-order valence-electron chi connectivity index (χ2n) is 4.37. The van der Waals surface area contributed by atoms with E-state index in [1.165, 1.54) is 0 Å². The smallest absolute Gasteiger partial charge is 0.138 e. The van der Waals surface area contributed by atoms with Crippen molar-refractivity contribution in [1.29, 1.82) is 0 Å². The number of phenols is 1. The van der Waals surface area contributed by atoms with Gasteiger partial charge in [-0.3, -0.25) is 4.98 Å². The minimum Gasteiger partial charge on any atom is -0.508 e. The van der Waals surface area contributed by atoms with E-state index in [9.17, 15) is 5.11 Å². The van der Waals surface area contributed by atoms with Crippen LogP contribution in [0.4, 0.5) is 0 Å². The molecule has 0 aliphatic rings. The molecule has 0 radical (unpaired) electrons. The average Bonchev–Trinajstić information content (AvgIpc) is 2.41. The van der Waals surface area contributed by atoms with Gasteiger partial charge in [-0.05, 0) is 43.3 Å². The molecule has 3 nitrogen and oxygen atoms in total. The Morgan fingerprint density at radius 3 is 2.53 bits per heavy atom. The Balaban J connectivity index is 2.07. The van der Waals surface area contributed by atoms with E-state index in [2.05, 4.69) is 4.98 Å². The highest BCUT2D eigenvalue weighted by Gasteiger charge is 2.05. The number of hydrogen-bond acceptors (Lipinski definition) is 3. The fourth-order valence-corrected chi connectivity index (χ4v) is 1.99. The maximum absolute atomic E-state index is 9.27. The molecule has 1 aromatic heterocycles. The quantitative estimate of drug-likeness (QED) is 0.747. The SMILES string of the molecule is Cc1cc(Oc2ccc(O)cc2)c2ccccc2n1. The second kappa shape index (κ2) is 4.61. The zero-order chi connectivity index (χ0) is 13.2. The van der Waals surface area contributed by atoms with Crippen LogP contribution in [0.5, 0.6) is 17.2 Å². The molecule has 0 aliphatic heterocycles. The van der Waals surface area contributed by atoms with Crippen molar-refractivity contribution in [3.8, 4) is 17.2 Å². The minimum absolute atomic E-state index is 0.225. The summed E-state index contributed by atoms with van der Waals surface area (Å²) in [6.45, 7) is 1.94. The lowest BCUT2D eigenvalue weighted by Gasteiger charge is -2.09. The summed E-state index contributed by atoms with van der Waals surface area (Å²) < 4.78 is 5.88. The van der Waals surface area contributed by atoms with Crippen LogP contribution in [0.2, 0.25) is 0 Å². The summed E-state index contributed by atoms with van der Waals surface area (Å²) in [5, 5.41) is 10.2. The normalized spacial score (nSPS) is 10.6. The van der Waals surface area contributed by atoms with E-state index in [4.69, 9.17) is 4.74 Å². The van der Waals surface area contributed by atoms with Crippen LogP contribution in [0.3, 0.4) is 0 Å². The van der Waals surface area contributed by atoms with Gasteiger partial charge in [0.05, 0.1) is 5.52 Å². The first kappa shape index (κ1) is 11.5. The standard InChI is InChI=1S/C16H13NO2/c1-11-10-16(14-4-2-3-5-15(14)17-11)19-13-8-6-12(18)7-9-13/h2-10,18H,1H3. The predicted molar refractivity (Wildman–Crippen MR) is 74.7 cm³/mol. The molecule has 1 heterocycles. The summed E-state index contributed by atoms with van der Waals surface area (Å²) in [4.78, 5) is 4.47. The van der Waals surface area contributed by atoms with Gasteiger partial charge in [0.15, 0.2) is 0 Å². The molecule has 0 amide bonds. The Morgan fingerprint density at radius 2 is 1.74 bits per heavy atom. The van der Waals surface area contributed by atoms with Crippen molar-refractivity contribution in [2.75, 3.05) is 0 Å². The van der Waals surface area contributed by atoms with E-state index in [-0.39, 0.29) is 5.75 Å². The summed E-state index contributed by atoms with van der Waals surface area (Å²) >= 11 is 0. The molecule has 94 valence electrons. The first-order valence-electron chi connectivity index (χ1n) is 6.06. The molecule has 2 aromatic carbocycles. The molecule has 0 saturated carbocycles. The lowest BCUT2D eigenvalue weighted by molar-refractivity contribution is 0.466. The Bertz CT molecular complexity index is 720. The summed E-state index contributed by atoms with van der Waals surface area (Å²) in [5.41, 5.74) is 1.82. The van der Waals surface area contributed by atoms with E-state index in [1.54, 1.807) is 24.3 Å². The fraction of sp³-hybridized carbons (Fsp3) is 0.0625. The largest absolute Gasteiger partial charge is 0.508 e. The number of fused-ring (bicyclic) bond motifs is 1. The summed E-state index contributed by atoms with van der Waals surface area (Å²) in [6.07, 6.45) is 0. The van der Waals surface area contributed by atoms with E-state index in [0.717, 1.165) is 22.3 Å². The number of nitrogens with zero attached hydrogens (tertiary/aromatic N) is 1. The maximum Gasteiger partial charge on any atom is 0.138 e. The van der Waals surface area contributed by atoms with Crippen LogP contribution in [0.25, 0.3) is 10.9 Å². The van der Waals surface area contributed by atoms with E-state index >= 15 is 0 Å². The van der Waals surface area contributed by atoms with E-state index in [0.29, 0.717) is 5.75 Å². The predicted octanol–water partition coefficient (Wildman–Crippen LogP) is 4.04. The summed E-state index contributed by atoms with van der Waals surface area (Å²) in [5.74, 6) is 1.69. The lowest BCUT2D eigenvalue weighted by atomic mass is 10.2. The van der Waals surface area contributed by atoms with Crippen LogP contribution in [-0.2, 0) is 0 Å².